The van der Waals surface area contributed by atoms with E-state index in [1.807, 2.05) is 6.92 Å². The summed E-state index contributed by atoms with van der Waals surface area (Å²) < 4.78 is 2.32. The summed E-state index contributed by atoms with van der Waals surface area (Å²) >= 11 is 3.47. The van der Waals surface area contributed by atoms with Crippen molar-refractivity contribution in [2.75, 3.05) is 5.75 Å². The van der Waals surface area contributed by atoms with Gasteiger partial charge in [0.2, 0.25) is 0 Å². The van der Waals surface area contributed by atoms with E-state index in [0.717, 1.165) is 23.2 Å². The van der Waals surface area contributed by atoms with Gasteiger partial charge in [0.15, 0.2) is 5.16 Å². The zero-order valence-electron chi connectivity index (χ0n) is 10.8. The van der Waals surface area contributed by atoms with Gasteiger partial charge in [0, 0.05) is 17.3 Å². The van der Waals surface area contributed by atoms with Gasteiger partial charge in [-0.05, 0) is 31.2 Å². The number of aromatic nitrogens is 3. The summed E-state index contributed by atoms with van der Waals surface area (Å²) in [5.74, 6) is 7.88. The van der Waals surface area contributed by atoms with Gasteiger partial charge in [-0.2, -0.15) is 0 Å². The minimum Gasteiger partial charge on any atom is -0.303 e. The van der Waals surface area contributed by atoms with Crippen molar-refractivity contribution in [2.24, 2.45) is 0 Å². The minimum absolute atomic E-state index is 0.613. The van der Waals surface area contributed by atoms with E-state index < -0.39 is 0 Å². The van der Waals surface area contributed by atoms with Crippen LogP contribution in [0, 0.1) is 11.8 Å². The first-order valence-electron chi connectivity index (χ1n) is 6.37. The van der Waals surface area contributed by atoms with Crippen molar-refractivity contribution in [3.05, 3.63) is 28.2 Å². The van der Waals surface area contributed by atoms with Crippen LogP contribution in [-0.4, -0.2) is 20.5 Å². The predicted molar refractivity (Wildman–Crippen MR) is 79.6 cm³/mol. The molecular weight excluding hydrogens is 274 g/mol. The van der Waals surface area contributed by atoms with E-state index in [2.05, 4.69) is 44.1 Å². The summed E-state index contributed by atoms with van der Waals surface area (Å²) in [5, 5.41) is 11.9. The molecule has 0 unspecified atom stereocenters. The van der Waals surface area contributed by atoms with Crippen LogP contribution in [0.5, 0.6) is 0 Å². The van der Waals surface area contributed by atoms with Gasteiger partial charge < -0.3 is 4.57 Å². The highest BCUT2D eigenvalue weighted by Gasteiger charge is 2.29. The van der Waals surface area contributed by atoms with E-state index in [0.29, 0.717) is 6.04 Å². The lowest BCUT2D eigenvalue weighted by Gasteiger charge is -2.06. The fraction of sp³-hybridized carbons (Fsp3) is 0.429. The maximum absolute atomic E-state index is 4.38. The molecule has 0 N–H and O–H groups in total. The van der Waals surface area contributed by atoms with Gasteiger partial charge in [-0.3, -0.25) is 0 Å². The maximum Gasteiger partial charge on any atom is 0.192 e. The Hall–Kier alpha value is -1.25. The Balaban J connectivity index is 1.81. The number of nitrogens with zero attached hydrogens (tertiary/aromatic N) is 3. The molecule has 98 valence electrons. The van der Waals surface area contributed by atoms with Crippen LogP contribution >= 0.6 is 23.1 Å². The molecule has 0 radical (unpaired) electrons. The van der Waals surface area contributed by atoms with E-state index in [1.165, 1.54) is 17.7 Å². The van der Waals surface area contributed by atoms with Crippen molar-refractivity contribution in [3.63, 3.8) is 0 Å². The number of hydrogen-bond acceptors (Lipinski definition) is 4. The predicted octanol–water partition coefficient (Wildman–Crippen LogP) is 3.38. The second-order valence-electron chi connectivity index (χ2n) is 4.47. The molecule has 1 fully saturated rings. The molecule has 0 amide bonds. The summed E-state index contributed by atoms with van der Waals surface area (Å²) in [6, 6.07) is 4.86. The lowest BCUT2D eigenvalue weighted by Crippen LogP contribution is -2.03. The molecule has 2 aromatic rings. The molecule has 0 spiro atoms. The van der Waals surface area contributed by atoms with E-state index in [4.69, 9.17) is 0 Å². The number of thioether (sulfide) groups is 1. The Labute approximate surface area is 121 Å². The quantitative estimate of drug-likeness (QED) is 0.624. The van der Waals surface area contributed by atoms with Crippen LogP contribution in [0.2, 0.25) is 0 Å². The fourth-order valence-corrected chi connectivity index (χ4v) is 3.51. The highest BCUT2D eigenvalue weighted by atomic mass is 32.2. The maximum atomic E-state index is 4.38. The van der Waals surface area contributed by atoms with E-state index in [-0.39, 0.29) is 0 Å². The van der Waals surface area contributed by atoms with Crippen LogP contribution in [-0.2, 0) is 6.42 Å². The van der Waals surface area contributed by atoms with Crippen molar-refractivity contribution in [1.29, 1.82) is 0 Å². The molecule has 2 heterocycles. The molecule has 5 heteroatoms. The van der Waals surface area contributed by atoms with Crippen molar-refractivity contribution in [1.82, 2.24) is 14.8 Å². The Morgan fingerprint density at radius 2 is 2.37 bits per heavy atom. The smallest absolute Gasteiger partial charge is 0.192 e. The van der Waals surface area contributed by atoms with E-state index in [1.54, 1.807) is 23.1 Å². The molecule has 19 heavy (non-hydrogen) atoms. The average Bonchev–Trinajstić information content (AvgIpc) is 2.97. The molecule has 0 aliphatic heterocycles. The fourth-order valence-electron chi connectivity index (χ4n) is 1.97. The summed E-state index contributed by atoms with van der Waals surface area (Å²) in [6.45, 7) is 1.87. The lowest BCUT2D eigenvalue weighted by atomic mass is 10.3. The van der Waals surface area contributed by atoms with Crippen molar-refractivity contribution < 1.29 is 0 Å². The summed E-state index contributed by atoms with van der Waals surface area (Å²) in [6.07, 6.45) is 3.40. The van der Waals surface area contributed by atoms with E-state index >= 15 is 0 Å². The van der Waals surface area contributed by atoms with Gasteiger partial charge in [-0.1, -0.05) is 23.7 Å². The zero-order chi connectivity index (χ0) is 13.1. The van der Waals surface area contributed by atoms with Crippen molar-refractivity contribution >= 4 is 23.1 Å². The molecule has 0 aromatic carbocycles. The molecule has 0 atom stereocenters. The lowest BCUT2D eigenvalue weighted by molar-refractivity contribution is 0.635. The highest BCUT2D eigenvalue weighted by Crippen LogP contribution is 2.39. The summed E-state index contributed by atoms with van der Waals surface area (Å²) in [5.41, 5.74) is 0. The van der Waals surface area contributed by atoms with Gasteiger partial charge in [0.05, 0.1) is 5.75 Å². The van der Waals surface area contributed by atoms with Gasteiger partial charge >= 0.3 is 0 Å². The second-order valence-corrected chi connectivity index (χ2v) is 6.45. The monoisotopic (exact) mass is 289 g/mol. The van der Waals surface area contributed by atoms with Crippen molar-refractivity contribution in [3.8, 4) is 11.8 Å². The largest absolute Gasteiger partial charge is 0.303 e. The topological polar surface area (TPSA) is 30.7 Å². The third kappa shape index (κ3) is 3.02. The first-order valence-corrected chi connectivity index (χ1v) is 8.23. The molecule has 3 rings (SSSR count). The Morgan fingerprint density at radius 3 is 3.05 bits per heavy atom. The second kappa shape index (κ2) is 5.81. The number of thiophene rings is 1. The summed E-state index contributed by atoms with van der Waals surface area (Å²) in [7, 11) is 0. The normalized spacial score (nSPS) is 14.2. The zero-order valence-corrected chi connectivity index (χ0v) is 12.4. The van der Waals surface area contributed by atoms with Crippen LogP contribution in [0.25, 0.3) is 0 Å². The van der Waals surface area contributed by atoms with Crippen LogP contribution in [0.1, 0.15) is 36.5 Å². The van der Waals surface area contributed by atoms with Crippen LogP contribution in [0.15, 0.2) is 22.7 Å². The molecule has 2 aromatic heterocycles. The van der Waals surface area contributed by atoms with Gasteiger partial charge in [0.1, 0.15) is 5.82 Å². The third-order valence-electron chi connectivity index (χ3n) is 3.01. The third-order valence-corrected chi connectivity index (χ3v) is 4.71. The summed E-state index contributed by atoms with van der Waals surface area (Å²) in [4.78, 5) is 1.35. The molecule has 1 saturated carbocycles. The minimum atomic E-state index is 0.613. The highest BCUT2D eigenvalue weighted by molar-refractivity contribution is 7.99. The van der Waals surface area contributed by atoms with Crippen LogP contribution in [0.4, 0.5) is 0 Å². The Morgan fingerprint density at radius 1 is 1.47 bits per heavy atom. The molecule has 3 nitrogen and oxygen atoms in total. The van der Waals surface area contributed by atoms with E-state index in [9.17, 15) is 0 Å². The Kier molecular flexibility index (Phi) is 3.90. The van der Waals surface area contributed by atoms with Crippen molar-refractivity contribution in [2.45, 2.75) is 37.4 Å². The molecule has 0 bridgehead atoms. The Bertz CT molecular complexity index is 600. The van der Waals surface area contributed by atoms with Gasteiger partial charge in [0.25, 0.3) is 0 Å². The average molecular weight is 289 g/mol. The molecule has 0 saturated heterocycles. The molecule has 1 aliphatic rings. The molecular formula is C14H15N3S2. The van der Waals surface area contributed by atoms with Crippen LogP contribution in [0.3, 0.4) is 0 Å². The SMILES string of the molecule is CC#CCSc1nnc(Cc2cccs2)n1C1CC1. The molecule has 1 aliphatic carbocycles. The number of hydrogen-bond donors (Lipinski definition) is 0. The first-order chi connectivity index (χ1) is 9.38. The number of rotatable bonds is 5. The van der Waals surface area contributed by atoms with Crippen LogP contribution < -0.4 is 0 Å². The standard InChI is InChI=1S/C14H15N3S2/c1-2-3-8-19-14-16-15-13(17(14)11-6-7-11)10-12-5-4-9-18-12/h4-5,9,11H,6-8,10H2,1H3. The van der Waals surface area contributed by atoms with Gasteiger partial charge in [-0.15, -0.1) is 27.5 Å². The first kappa shape index (κ1) is 12.8. The van der Waals surface area contributed by atoms with Gasteiger partial charge in [-0.25, -0.2) is 0 Å².